The quantitative estimate of drug-likeness (QED) is 0.605. The van der Waals surface area contributed by atoms with Gasteiger partial charge in [-0.15, -0.1) is 0 Å². The van der Waals surface area contributed by atoms with Gasteiger partial charge in [0.25, 0.3) is 6.01 Å². The maximum Gasteiger partial charge on any atom is 0.298 e. The Labute approximate surface area is 187 Å². The first-order valence-electron chi connectivity index (χ1n) is 10.3. The molecule has 4 rings (SSSR count). The standard InChI is InChI=1S/C22H26N4O5S/c1-25(2)32(28,29)20-14-16(8-9-19(20)30-3)23-21(27)15-10-12-26(13-11-15)22-24-17-6-4-5-7-18(17)31-22/h4-9,14-15H,10-13H2,1-3H3,(H,23,27). The van der Waals surface area contributed by atoms with Gasteiger partial charge in [-0.3, -0.25) is 4.79 Å². The van der Waals surface area contributed by atoms with Gasteiger partial charge in [0.2, 0.25) is 15.9 Å². The molecule has 2 heterocycles. The first kappa shape index (κ1) is 22.1. The van der Waals surface area contributed by atoms with E-state index in [0.717, 1.165) is 15.4 Å². The lowest BCUT2D eigenvalue weighted by atomic mass is 9.96. The van der Waals surface area contributed by atoms with E-state index >= 15 is 0 Å². The van der Waals surface area contributed by atoms with Crippen molar-refractivity contribution in [2.75, 3.05) is 44.5 Å². The van der Waals surface area contributed by atoms with Crippen molar-refractivity contribution in [2.45, 2.75) is 17.7 Å². The fraction of sp³-hybridized carbons (Fsp3) is 0.364. The van der Waals surface area contributed by atoms with Crippen LogP contribution in [0.4, 0.5) is 11.7 Å². The van der Waals surface area contributed by atoms with Crippen molar-refractivity contribution in [1.82, 2.24) is 9.29 Å². The van der Waals surface area contributed by atoms with E-state index < -0.39 is 10.0 Å². The summed E-state index contributed by atoms with van der Waals surface area (Å²) in [4.78, 5) is 19.4. The number of benzene rings is 2. The molecule has 0 atom stereocenters. The first-order valence-corrected chi connectivity index (χ1v) is 11.8. The van der Waals surface area contributed by atoms with Gasteiger partial charge in [0.05, 0.1) is 7.11 Å². The maximum atomic E-state index is 12.8. The van der Waals surface area contributed by atoms with Crippen LogP contribution in [0.5, 0.6) is 5.75 Å². The van der Waals surface area contributed by atoms with Gasteiger partial charge >= 0.3 is 0 Å². The number of rotatable bonds is 6. The van der Waals surface area contributed by atoms with Gasteiger partial charge in [0.1, 0.15) is 16.2 Å². The lowest BCUT2D eigenvalue weighted by Gasteiger charge is -2.30. The molecule has 32 heavy (non-hydrogen) atoms. The molecule has 0 unspecified atom stereocenters. The molecule has 1 N–H and O–H groups in total. The van der Waals surface area contributed by atoms with Crippen LogP contribution in [0.3, 0.4) is 0 Å². The number of aromatic nitrogens is 1. The summed E-state index contributed by atoms with van der Waals surface area (Å²) in [5.41, 5.74) is 1.97. The Morgan fingerprint density at radius 3 is 2.56 bits per heavy atom. The second kappa shape index (κ2) is 8.79. The lowest BCUT2D eigenvalue weighted by Crippen LogP contribution is -2.38. The normalized spacial score (nSPS) is 15.3. The van der Waals surface area contributed by atoms with Gasteiger partial charge in [-0.25, -0.2) is 12.7 Å². The molecule has 0 bridgehead atoms. The molecular weight excluding hydrogens is 432 g/mol. The van der Waals surface area contributed by atoms with Gasteiger partial charge in [-0.1, -0.05) is 12.1 Å². The minimum atomic E-state index is -3.72. The predicted octanol–water partition coefficient (Wildman–Crippen LogP) is 2.94. The second-order valence-electron chi connectivity index (χ2n) is 7.87. The summed E-state index contributed by atoms with van der Waals surface area (Å²) in [6.45, 7) is 1.29. The number of anilines is 2. The monoisotopic (exact) mass is 458 g/mol. The van der Waals surface area contributed by atoms with Crippen LogP contribution in [-0.4, -0.2) is 57.9 Å². The predicted molar refractivity (Wildman–Crippen MR) is 121 cm³/mol. The third-order valence-electron chi connectivity index (χ3n) is 5.61. The van der Waals surface area contributed by atoms with E-state index in [1.807, 2.05) is 29.2 Å². The number of carbonyl (C=O) groups is 1. The average Bonchev–Trinajstić information content (AvgIpc) is 3.23. The molecule has 10 heteroatoms. The smallest absolute Gasteiger partial charge is 0.298 e. The number of piperidine rings is 1. The molecule has 170 valence electrons. The SMILES string of the molecule is COc1ccc(NC(=O)C2CCN(c3nc4ccccc4o3)CC2)cc1S(=O)(=O)N(C)C. The summed E-state index contributed by atoms with van der Waals surface area (Å²) in [5.74, 6) is -0.101. The van der Waals surface area contributed by atoms with Crippen LogP contribution in [0, 0.1) is 5.92 Å². The van der Waals surface area contributed by atoms with Gasteiger partial charge < -0.3 is 19.4 Å². The van der Waals surface area contributed by atoms with Crippen LogP contribution in [0.25, 0.3) is 11.1 Å². The Kier molecular flexibility index (Phi) is 6.07. The van der Waals surface area contributed by atoms with Crippen LogP contribution in [0.1, 0.15) is 12.8 Å². The number of ether oxygens (including phenoxy) is 1. The van der Waals surface area contributed by atoms with E-state index in [1.54, 1.807) is 12.1 Å². The molecule has 1 fully saturated rings. The Morgan fingerprint density at radius 1 is 1.19 bits per heavy atom. The van der Waals surface area contributed by atoms with Crippen molar-refractivity contribution in [3.8, 4) is 5.75 Å². The van der Waals surface area contributed by atoms with Crippen molar-refractivity contribution in [3.63, 3.8) is 0 Å². The number of sulfonamides is 1. The van der Waals surface area contributed by atoms with Crippen LogP contribution in [0.2, 0.25) is 0 Å². The van der Waals surface area contributed by atoms with E-state index in [4.69, 9.17) is 9.15 Å². The summed E-state index contributed by atoms with van der Waals surface area (Å²) in [6.07, 6.45) is 1.28. The van der Waals surface area contributed by atoms with Crippen molar-refractivity contribution >= 4 is 38.7 Å². The molecule has 1 saturated heterocycles. The highest BCUT2D eigenvalue weighted by Gasteiger charge is 2.28. The zero-order valence-corrected chi connectivity index (χ0v) is 19.1. The largest absolute Gasteiger partial charge is 0.495 e. The van der Waals surface area contributed by atoms with Gasteiger partial charge in [-0.2, -0.15) is 4.98 Å². The number of nitrogens with zero attached hydrogens (tertiary/aromatic N) is 3. The molecule has 2 aromatic carbocycles. The number of hydrogen-bond donors (Lipinski definition) is 1. The van der Waals surface area contributed by atoms with E-state index in [-0.39, 0.29) is 22.5 Å². The fourth-order valence-electron chi connectivity index (χ4n) is 3.73. The fourth-order valence-corrected chi connectivity index (χ4v) is 4.80. The molecule has 3 aromatic rings. The lowest BCUT2D eigenvalue weighted by molar-refractivity contribution is -0.120. The Balaban J connectivity index is 1.43. The minimum Gasteiger partial charge on any atom is -0.495 e. The highest BCUT2D eigenvalue weighted by atomic mass is 32.2. The number of methoxy groups -OCH3 is 1. The molecule has 1 aromatic heterocycles. The van der Waals surface area contributed by atoms with Crippen molar-refractivity contribution in [2.24, 2.45) is 5.92 Å². The molecule has 1 aliphatic rings. The first-order chi connectivity index (χ1) is 15.3. The zero-order valence-electron chi connectivity index (χ0n) is 18.2. The maximum absolute atomic E-state index is 12.8. The van der Waals surface area contributed by atoms with E-state index in [0.29, 0.717) is 37.6 Å². The van der Waals surface area contributed by atoms with Crippen LogP contribution >= 0.6 is 0 Å². The Bertz CT molecular complexity index is 1200. The van der Waals surface area contributed by atoms with Crippen LogP contribution in [0.15, 0.2) is 51.8 Å². The zero-order chi connectivity index (χ0) is 22.9. The topological polar surface area (TPSA) is 105 Å². The molecular formula is C22H26N4O5S. The van der Waals surface area contributed by atoms with Gasteiger partial charge in [0.15, 0.2) is 5.58 Å². The van der Waals surface area contributed by atoms with Crippen molar-refractivity contribution < 1.29 is 22.4 Å². The molecule has 0 saturated carbocycles. The summed E-state index contributed by atoms with van der Waals surface area (Å²) < 4.78 is 37.3. The summed E-state index contributed by atoms with van der Waals surface area (Å²) in [7, 11) is 0.589. The molecule has 0 spiro atoms. The molecule has 9 nitrogen and oxygen atoms in total. The van der Waals surface area contributed by atoms with E-state index in [2.05, 4.69) is 10.3 Å². The number of carbonyl (C=O) groups excluding carboxylic acids is 1. The van der Waals surface area contributed by atoms with Crippen molar-refractivity contribution in [3.05, 3.63) is 42.5 Å². The molecule has 0 radical (unpaired) electrons. The second-order valence-corrected chi connectivity index (χ2v) is 9.99. The number of oxazole rings is 1. The number of amides is 1. The van der Waals surface area contributed by atoms with E-state index in [1.165, 1.54) is 27.3 Å². The molecule has 0 aliphatic carbocycles. The van der Waals surface area contributed by atoms with Gasteiger partial charge in [-0.05, 0) is 43.2 Å². The molecule has 1 amide bonds. The summed E-state index contributed by atoms with van der Waals surface area (Å²) in [6, 6.07) is 12.8. The number of fused-ring (bicyclic) bond motifs is 1. The van der Waals surface area contributed by atoms with Crippen molar-refractivity contribution in [1.29, 1.82) is 0 Å². The number of para-hydroxylation sites is 2. The van der Waals surface area contributed by atoms with E-state index in [9.17, 15) is 13.2 Å². The van der Waals surface area contributed by atoms with Crippen LogP contribution < -0.4 is 15.0 Å². The van der Waals surface area contributed by atoms with Crippen LogP contribution in [-0.2, 0) is 14.8 Å². The summed E-state index contributed by atoms with van der Waals surface area (Å²) in [5, 5.41) is 2.86. The Morgan fingerprint density at radius 2 is 1.91 bits per heavy atom. The third kappa shape index (κ3) is 4.28. The summed E-state index contributed by atoms with van der Waals surface area (Å²) >= 11 is 0. The molecule has 1 aliphatic heterocycles. The Hall–Kier alpha value is -3.11. The highest BCUT2D eigenvalue weighted by molar-refractivity contribution is 7.89. The number of hydrogen-bond acceptors (Lipinski definition) is 7. The average molecular weight is 459 g/mol. The number of nitrogens with one attached hydrogen (secondary N) is 1. The third-order valence-corrected chi connectivity index (χ3v) is 7.44. The van der Waals surface area contributed by atoms with Gasteiger partial charge in [0, 0.05) is 38.8 Å². The highest BCUT2D eigenvalue weighted by Crippen LogP contribution is 2.30. The minimum absolute atomic E-state index is 0.00794.